The highest BCUT2D eigenvalue weighted by atomic mass is 79.9. The number of carboxylic acid groups (broad SMARTS) is 1. The number of hydrogen-bond acceptors (Lipinski definition) is 3. The summed E-state index contributed by atoms with van der Waals surface area (Å²) in [6.45, 7) is 3.29. The first-order valence-corrected chi connectivity index (χ1v) is 7.73. The predicted octanol–water partition coefficient (Wildman–Crippen LogP) is 2.90. The molecule has 0 amide bonds. The smallest absolute Gasteiger partial charge is 0.305 e. The van der Waals surface area contributed by atoms with Gasteiger partial charge in [0, 0.05) is 24.1 Å². The van der Waals surface area contributed by atoms with E-state index in [0.717, 1.165) is 36.9 Å². The highest BCUT2D eigenvalue weighted by Gasteiger charge is 2.19. The molecule has 110 valence electrons. The molecule has 1 fully saturated rings. The molecule has 0 atom stereocenters. The second-order valence-electron chi connectivity index (χ2n) is 5.12. The van der Waals surface area contributed by atoms with Crippen molar-refractivity contribution in [3.8, 4) is 0 Å². The van der Waals surface area contributed by atoms with Crippen LogP contribution < -0.4 is 0 Å². The number of benzene rings is 1. The minimum absolute atomic E-state index is 0.0955. The summed E-state index contributed by atoms with van der Waals surface area (Å²) in [6.07, 6.45) is 2.27. The third-order valence-electron chi connectivity index (χ3n) is 3.50. The van der Waals surface area contributed by atoms with E-state index in [-0.39, 0.29) is 12.5 Å². The second-order valence-corrected chi connectivity index (χ2v) is 6.04. The largest absolute Gasteiger partial charge is 0.481 e. The summed E-state index contributed by atoms with van der Waals surface area (Å²) in [5, 5.41) is 8.58. The van der Waals surface area contributed by atoms with Crippen molar-refractivity contribution in [2.75, 3.05) is 19.7 Å². The molecular weight excluding hydrogens is 322 g/mol. The lowest BCUT2D eigenvalue weighted by molar-refractivity contribution is -0.138. The fourth-order valence-corrected chi connectivity index (χ4v) is 2.89. The standard InChI is InChI=1S/C15H20BrNO3/c16-13-3-1-2-12(10-13)11-17-7-4-14(5-8-17)20-9-6-15(18)19/h1-3,10,14H,4-9,11H2,(H,18,19). The first-order chi connectivity index (χ1) is 9.63. The molecule has 1 N–H and O–H groups in total. The van der Waals surface area contributed by atoms with Crippen LogP contribution in [0, 0.1) is 0 Å². The molecule has 20 heavy (non-hydrogen) atoms. The van der Waals surface area contributed by atoms with E-state index in [9.17, 15) is 4.79 Å². The number of hydrogen-bond donors (Lipinski definition) is 1. The van der Waals surface area contributed by atoms with Gasteiger partial charge in [-0.15, -0.1) is 0 Å². The molecule has 1 aliphatic heterocycles. The highest BCUT2D eigenvalue weighted by molar-refractivity contribution is 9.10. The van der Waals surface area contributed by atoms with Gasteiger partial charge in [0.15, 0.2) is 0 Å². The molecule has 5 heteroatoms. The van der Waals surface area contributed by atoms with E-state index in [1.54, 1.807) is 0 Å². The zero-order valence-corrected chi connectivity index (χ0v) is 13.0. The second kappa shape index (κ2) is 7.76. The number of carboxylic acids is 1. The molecule has 1 saturated heterocycles. The van der Waals surface area contributed by atoms with Crippen molar-refractivity contribution in [3.63, 3.8) is 0 Å². The molecular formula is C15H20BrNO3. The topological polar surface area (TPSA) is 49.8 Å². The number of nitrogens with zero attached hydrogens (tertiary/aromatic N) is 1. The van der Waals surface area contributed by atoms with Gasteiger partial charge in [-0.25, -0.2) is 0 Å². The van der Waals surface area contributed by atoms with Crippen molar-refractivity contribution in [3.05, 3.63) is 34.3 Å². The Kier molecular flexibility index (Phi) is 6.01. The maximum Gasteiger partial charge on any atom is 0.305 e. The summed E-state index contributed by atoms with van der Waals surface area (Å²) in [6, 6.07) is 8.38. The molecule has 0 spiro atoms. The summed E-state index contributed by atoms with van der Waals surface area (Å²) in [5.74, 6) is -0.794. The van der Waals surface area contributed by atoms with Gasteiger partial charge in [-0.05, 0) is 30.5 Å². The number of carbonyl (C=O) groups is 1. The van der Waals surface area contributed by atoms with Crippen LogP contribution in [-0.2, 0) is 16.1 Å². The van der Waals surface area contributed by atoms with Crippen LogP contribution >= 0.6 is 15.9 Å². The molecule has 4 nitrogen and oxygen atoms in total. The zero-order valence-electron chi connectivity index (χ0n) is 11.4. The minimum atomic E-state index is -0.794. The molecule has 0 aliphatic carbocycles. The van der Waals surface area contributed by atoms with Crippen LogP contribution in [0.2, 0.25) is 0 Å². The molecule has 1 aliphatic rings. The van der Waals surface area contributed by atoms with Crippen molar-refractivity contribution < 1.29 is 14.6 Å². The molecule has 1 aromatic carbocycles. The first kappa shape index (κ1) is 15.5. The van der Waals surface area contributed by atoms with Crippen molar-refractivity contribution >= 4 is 21.9 Å². The number of piperidine rings is 1. The van der Waals surface area contributed by atoms with E-state index in [2.05, 4.69) is 39.0 Å². The third kappa shape index (κ3) is 5.23. The number of aliphatic carboxylic acids is 1. The van der Waals surface area contributed by atoms with Crippen molar-refractivity contribution in [2.24, 2.45) is 0 Å². The molecule has 0 aromatic heterocycles. The Morgan fingerprint density at radius 2 is 2.15 bits per heavy atom. The summed E-state index contributed by atoms with van der Waals surface area (Å²) in [7, 11) is 0. The summed E-state index contributed by atoms with van der Waals surface area (Å²) in [4.78, 5) is 12.8. The summed E-state index contributed by atoms with van der Waals surface area (Å²) < 4.78 is 6.71. The Balaban J connectivity index is 1.70. The van der Waals surface area contributed by atoms with Crippen molar-refractivity contribution in [1.29, 1.82) is 0 Å². The van der Waals surface area contributed by atoms with E-state index in [1.165, 1.54) is 5.56 Å². The molecule has 2 rings (SSSR count). The van der Waals surface area contributed by atoms with Crippen molar-refractivity contribution in [1.82, 2.24) is 4.90 Å². The fraction of sp³-hybridized carbons (Fsp3) is 0.533. The fourth-order valence-electron chi connectivity index (χ4n) is 2.44. The maximum absolute atomic E-state index is 10.4. The van der Waals surface area contributed by atoms with Gasteiger partial charge in [0.2, 0.25) is 0 Å². The molecule has 1 aromatic rings. The third-order valence-corrected chi connectivity index (χ3v) is 3.99. The maximum atomic E-state index is 10.4. The number of rotatable bonds is 6. The van der Waals surface area contributed by atoms with Crippen LogP contribution in [0.15, 0.2) is 28.7 Å². The monoisotopic (exact) mass is 341 g/mol. The van der Waals surface area contributed by atoms with Crippen molar-refractivity contribution in [2.45, 2.75) is 31.9 Å². The average molecular weight is 342 g/mol. The van der Waals surface area contributed by atoms with Gasteiger partial charge in [0.25, 0.3) is 0 Å². The number of likely N-dealkylation sites (tertiary alicyclic amines) is 1. The lowest BCUT2D eigenvalue weighted by atomic mass is 10.1. The van der Waals surface area contributed by atoms with Crippen LogP contribution in [0.25, 0.3) is 0 Å². The van der Waals surface area contributed by atoms with Gasteiger partial charge in [0.1, 0.15) is 0 Å². The average Bonchev–Trinajstić information content (AvgIpc) is 2.40. The van der Waals surface area contributed by atoms with Gasteiger partial charge >= 0.3 is 5.97 Å². The van der Waals surface area contributed by atoms with Gasteiger partial charge in [-0.1, -0.05) is 28.1 Å². The lowest BCUT2D eigenvalue weighted by Crippen LogP contribution is -2.36. The van der Waals surface area contributed by atoms with Crippen LogP contribution in [0.5, 0.6) is 0 Å². The van der Waals surface area contributed by atoms with E-state index in [4.69, 9.17) is 9.84 Å². The predicted molar refractivity (Wildman–Crippen MR) is 80.6 cm³/mol. The normalized spacial score (nSPS) is 17.2. The van der Waals surface area contributed by atoms with Crippen LogP contribution in [0.4, 0.5) is 0 Å². The number of ether oxygens (including phenoxy) is 1. The molecule has 0 saturated carbocycles. The van der Waals surface area contributed by atoms with Crippen LogP contribution in [0.1, 0.15) is 24.8 Å². The first-order valence-electron chi connectivity index (χ1n) is 6.93. The van der Waals surface area contributed by atoms with Gasteiger partial charge in [-0.3, -0.25) is 9.69 Å². The lowest BCUT2D eigenvalue weighted by Gasteiger charge is -2.31. The Labute approximate surface area is 127 Å². The van der Waals surface area contributed by atoms with E-state index in [0.29, 0.717) is 6.61 Å². The quantitative estimate of drug-likeness (QED) is 0.864. The SMILES string of the molecule is O=C(O)CCOC1CCN(Cc2cccc(Br)c2)CC1. The highest BCUT2D eigenvalue weighted by Crippen LogP contribution is 2.18. The number of halogens is 1. The Morgan fingerprint density at radius 1 is 1.40 bits per heavy atom. The van der Waals surface area contributed by atoms with Crippen LogP contribution in [0.3, 0.4) is 0 Å². The molecule has 0 bridgehead atoms. The Bertz CT molecular complexity index is 444. The Hall–Kier alpha value is -0.910. The van der Waals surface area contributed by atoms with Gasteiger partial charge < -0.3 is 9.84 Å². The molecule has 0 unspecified atom stereocenters. The Morgan fingerprint density at radius 3 is 2.80 bits per heavy atom. The van der Waals surface area contributed by atoms with Gasteiger partial charge in [0.05, 0.1) is 19.1 Å². The molecule has 1 heterocycles. The van der Waals surface area contributed by atoms with Crippen LogP contribution in [-0.4, -0.2) is 41.8 Å². The van der Waals surface area contributed by atoms with E-state index >= 15 is 0 Å². The van der Waals surface area contributed by atoms with E-state index < -0.39 is 5.97 Å². The summed E-state index contributed by atoms with van der Waals surface area (Å²) in [5.41, 5.74) is 1.31. The zero-order chi connectivity index (χ0) is 14.4. The van der Waals surface area contributed by atoms with Gasteiger partial charge in [-0.2, -0.15) is 0 Å². The molecule has 0 radical (unpaired) electrons. The van der Waals surface area contributed by atoms with E-state index in [1.807, 2.05) is 6.07 Å². The summed E-state index contributed by atoms with van der Waals surface area (Å²) >= 11 is 3.49. The minimum Gasteiger partial charge on any atom is -0.481 e.